The Morgan fingerprint density at radius 1 is 1.48 bits per heavy atom. The van der Waals surface area contributed by atoms with E-state index < -0.39 is 16.8 Å². The van der Waals surface area contributed by atoms with Gasteiger partial charge < -0.3 is 15.5 Å². The van der Waals surface area contributed by atoms with E-state index in [2.05, 4.69) is 46.9 Å². The van der Waals surface area contributed by atoms with Crippen molar-refractivity contribution in [2.24, 2.45) is 0 Å². The lowest BCUT2D eigenvalue weighted by Gasteiger charge is -2.06. The first-order valence-corrected chi connectivity index (χ1v) is 5.44. The number of hydrogen-bond donors (Lipinski definition) is 3. The molecule has 1 amide bonds. The predicted molar refractivity (Wildman–Crippen MR) is 63.6 cm³/mol. The van der Waals surface area contributed by atoms with E-state index in [1.807, 2.05) is 0 Å². The van der Waals surface area contributed by atoms with Crippen molar-refractivity contribution in [3.8, 4) is 0 Å². The molecule has 0 unspecified atom stereocenters. The number of carbonyl (C=O) groups excluding carboxylic acids is 1. The third kappa shape index (κ3) is 4.01. The van der Waals surface area contributed by atoms with Crippen molar-refractivity contribution in [2.45, 2.75) is 13.3 Å². The van der Waals surface area contributed by atoms with Gasteiger partial charge in [0.25, 0.3) is 0 Å². The molecule has 0 atom stereocenters. The summed E-state index contributed by atoms with van der Waals surface area (Å²) in [5.74, 6) is -0.786. The first kappa shape index (κ1) is 14.0. The van der Waals surface area contributed by atoms with E-state index in [1.54, 1.807) is 6.92 Å². The first-order chi connectivity index (χ1) is 10.0. The van der Waals surface area contributed by atoms with Crippen LogP contribution < -0.4 is 10.9 Å². The minimum Gasteiger partial charge on any atom is -0.390 e. The molecule has 2 rings (SSSR count). The monoisotopic (exact) mass is 295 g/mol. The van der Waals surface area contributed by atoms with Crippen molar-refractivity contribution in [1.82, 2.24) is 51.7 Å². The van der Waals surface area contributed by atoms with Crippen LogP contribution in [0.2, 0.25) is 0 Å². The van der Waals surface area contributed by atoms with Crippen LogP contribution in [0.25, 0.3) is 6.20 Å². The summed E-state index contributed by atoms with van der Waals surface area (Å²) in [4.78, 5) is 22.0. The summed E-state index contributed by atoms with van der Waals surface area (Å²) in [5.41, 5.74) is 5.35. The Labute approximate surface area is 115 Å². The van der Waals surface area contributed by atoms with Crippen molar-refractivity contribution >= 4 is 18.1 Å². The van der Waals surface area contributed by atoms with Gasteiger partial charge >= 0.3 is 5.95 Å². The quantitative estimate of drug-likeness (QED) is 0.389. The second-order valence-electron chi connectivity index (χ2n) is 3.66. The number of rotatable bonds is 6. The maximum atomic E-state index is 11.5. The van der Waals surface area contributed by atoms with Crippen molar-refractivity contribution in [3.63, 3.8) is 0 Å². The molecule has 2 aromatic rings. The van der Waals surface area contributed by atoms with Crippen molar-refractivity contribution in [1.29, 1.82) is 0 Å². The molecule has 21 heavy (non-hydrogen) atoms. The van der Waals surface area contributed by atoms with Crippen LogP contribution in [0.3, 0.4) is 0 Å². The Hall–Kier alpha value is -3.45. The number of aromatic nitrogens is 8. The number of nitrogens with zero attached hydrogens (tertiary/aromatic N) is 8. The molecule has 0 radical (unpaired) electrons. The summed E-state index contributed by atoms with van der Waals surface area (Å²) in [6.07, 6.45) is 1.23. The number of amides is 1. The Balaban J connectivity index is 1.85. The topological polar surface area (TPSA) is 182 Å². The minimum absolute atomic E-state index is 0.0656. The Morgan fingerprint density at radius 3 is 2.90 bits per heavy atom. The van der Waals surface area contributed by atoms with Crippen molar-refractivity contribution in [2.75, 3.05) is 0 Å². The summed E-state index contributed by atoms with van der Waals surface area (Å²) in [5, 5.41) is 33.3. The second-order valence-corrected chi connectivity index (χ2v) is 3.66. The largest absolute Gasteiger partial charge is 0.515 e. The molecule has 14 nitrogen and oxygen atoms in total. The lowest BCUT2D eigenvalue weighted by Crippen LogP contribution is -2.37. The van der Waals surface area contributed by atoms with Gasteiger partial charge in [-0.15, -0.1) is 10.2 Å². The number of carbonyl (C=O) groups is 1. The van der Waals surface area contributed by atoms with Crippen LogP contribution in [0.15, 0.2) is 5.70 Å². The molecule has 2 aromatic heterocycles. The van der Waals surface area contributed by atoms with E-state index in [9.17, 15) is 14.9 Å². The van der Waals surface area contributed by atoms with Crippen molar-refractivity contribution < 1.29 is 9.72 Å². The molecule has 2 heterocycles. The van der Waals surface area contributed by atoms with E-state index in [-0.39, 0.29) is 12.2 Å². The molecule has 110 valence electrons. The fourth-order valence-corrected chi connectivity index (χ4v) is 1.16. The van der Waals surface area contributed by atoms with Gasteiger partial charge in [0.05, 0.1) is 28.0 Å². The van der Waals surface area contributed by atoms with Crippen LogP contribution in [-0.4, -0.2) is 51.7 Å². The van der Waals surface area contributed by atoms with E-state index in [4.69, 9.17) is 0 Å². The number of nitro groups is 1. The van der Waals surface area contributed by atoms with Gasteiger partial charge in [-0.25, -0.2) is 0 Å². The Bertz CT molecular complexity index is 659. The standard InChI is InChI=1S/C7H9N11O3/c1-4(3-17-13-7(12-16-17)18(20)21)8-11-6(19)2-5-9-14-15-10-5/h3,8H,2H2,1H3,(H,11,19)(H,9,10,14,15). The number of nitrogens with one attached hydrogen (secondary N) is 3. The zero-order valence-electron chi connectivity index (χ0n) is 10.6. The molecule has 0 saturated heterocycles. The van der Waals surface area contributed by atoms with Crippen LogP contribution in [0.5, 0.6) is 0 Å². The Morgan fingerprint density at radius 2 is 2.29 bits per heavy atom. The van der Waals surface area contributed by atoms with Gasteiger partial charge in [-0.2, -0.15) is 5.21 Å². The number of H-pyrrole nitrogens is 1. The zero-order valence-corrected chi connectivity index (χ0v) is 10.6. The van der Waals surface area contributed by atoms with Gasteiger partial charge in [-0.3, -0.25) is 10.2 Å². The molecule has 0 aromatic carbocycles. The van der Waals surface area contributed by atoms with Crippen LogP contribution in [0.1, 0.15) is 12.7 Å². The number of aromatic amines is 1. The highest BCUT2D eigenvalue weighted by Gasteiger charge is 2.14. The smallest absolute Gasteiger partial charge is 0.390 e. The molecule has 0 aliphatic rings. The van der Waals surface area contributed by atoms with Crippen LogP contribution in [0, 0.1) is 10.1 Å². The highest BCUT2D eigenvalue weighted by Crippen LogP contribution is 1.98. The fourth-order valence-electron chi connectivity index (χ4n) is 1.16. The molecule has 0 bridgehead atoms. The van der Waals surface area contributed by atoms with Gasteiger partial charge in [-0.05, 0) is 11.8 Å². The average molecular weight is 295 g/mol. The molecule has 0 fully saturated rings. The minimum atomic E-state index is -0.771. The summed E-state index contributed by atoms with van der Waals surface area (Å²) < 4.78 is 0. The number of allylic oxidation sites excluding steroid dienone is 1. The van der Waals surface area contributed by atoms with E-state index in [0.29, 0.717) is 5.70 Å². The van der Waals surface area contributed by atoms with Gasteiger partial charge in [-0.1, -0.05) is 10.0 Å². The Kier molecular flexibility index (Phi) is 4.08. The SMILES string of the molecule is CC(=Cn1nnc([N+](=O)[O-])n1)NNC(=O)Cc1nn[nH]n1. The average Bonchev–Trinajstić information content (AvgIpc) is 3.08. The molecule has 0 aliphatic carbocycles. The van der Waals surface area contributed by atoms with Gasteiger partial charge in [0.2, 0.25) is 5.91 Å². The zero-order chi connectivity index (χ0) is 15.2. The molecular weight excluding hydrogens is 286 g/mol. The highest BCUT2D eigenvalue weighted by molar-refractivity contribution is 5.77. The van der Waals surface area contributed by atoms with Crippen LogP contribution >= 0.6 is 0 Å². The molecule has 0 aliphatic heterocycles. The third-order valence-electron chi connectivity index (χ3n) is 2.00. The maximum absolute atomic E-state index is 11.5. The molecule has 0 saturated carbocycles. The number of hydrazine groups is 1. The molecule has 3 N–H and O–H groups in total. The second kappa shape index (κ2) is 6.13. The van der Waals surface area contributed by atoms with Gasteiger partial charge in [0.1, 0.15) is 0 Å². The van der Waals surface area contributed by atoms with Crippen LogP contribution in [0.4, 0.5) is 5.95 Å². The highest BCUT2D eigenvalue weighted by atomic mass is 16.6. The number of tetrazole rings is 2. The van der Waals surface area contributed by atoms with Gasteiger partial charge in [0, 0.05) is 5.70 Å². The molecule has 0 spiro atoms. The van der Waals surface area contributed by atoms with E-state index >= 15 is 0 Å². The maximum Gasteiger partial charge on any atom is 0.515 e. The molecular formula is C7H9N11O3. The predicted octanol–water partition coefficient (Wildman–Crippen LogP) is -2.22. The number of hydrogen-bond acceptors (Lipinski definition) is 10. The summed E-state index contributed by atoms with van der Waals surface area (Å²) in [6.45, 7) is 1.59. The van der Waals surface area contributed by atoms with E-state index in [0.717, 1.165) is 4.80 Å². The summed E-state index contributed by atoms with van der Waals surface area (Å²) >= 11 is 0. The lowest BCUT2D eigenvalue weighted by atomic mass is 10.4. The summed E-state index contributed by atoms with van der Waals surface area (Å²) in [6, 6.07) is 0. The van der Waals surface area contributed by atoms with Crippen molar-refractivity contribution in [3.05, 3.63) is 21.6 Å². The summed E-state index contributed by atoms with van der Waals surface area (Å²) in [7, 11) is 0. The van der Waals surface area contributed by atoms with Crippen LogP contribution in [-0.2, 0) is 11.2 Å². The fraction of sp³-hybridized carbons (Fsp3) is 0.286. The molecule has 14 heteroatoms. The van der Waals surface area contributed by atoms with E-state index in [1.165, 1.54) is 6.20 Å². The first-order valence-electron chi connectivity index (χ1n) is 5.44. The van der Waals surface area contributed by atoms with Gasteiger partial charge in [0.15, 0.2) is 5.82 Å². The normalized spacial score (nSPS) is 11.2. The third-order valence-corrected chi connectivity index (χ3v) is 2.00. The lowest BCUT2D eigenvalue weighted by molar-refractivity contribution is -0.394.